The van der Waals surface area contributed by atoms with Gasteiger partial charge in [0.2, 0.25) is 5.91 Å². The summed E-state index contributed by atoms with van der Waals surface area (Å²) >= 11 is 0. The van der Waals surface area contributed by atoms with Gasteiger partial charge in [-0.15, -0.1) is 0 Å². The van der Waals surface area contributed by atoms with Gasteiger partial charge >= 0.3 is 0 Å². The highest BCUT2D eigenvalue weighted by Gasteiger charge is 2.05. The molecule has 110 valence electrons. The number of carbonyl (C=O) groups excluding carboxylic acids is 1. The Morgan fingerprint density at radius 2 is 2.00 bits per heavy atom. The molecule has 0 radical (unpaired) electrons. The maximum Gasteiger partial charge on any atom is 0.248 e. The van der Waals surface area contributed by atoms with E-state index < -0.39 is 5.91 Å². The van der Waals surface area contributed by atoms with Gasteiger partial charge in [-0.2, -0.15) is 0 Å². The normalized spacial score (nSPS) is 10.4. The fourth-order valence-electron chi connectivity index (χ4n) is 2.07. The third kappa shape index (κ3) is 4.02. The van der Waals surface area contributed by atoms with Crippen LogP contribution >= 0.6 is 0 Å². The number of nitrogens with two attached hydrogens (primary N) is 1. The van der Waals surface area contributed by atoms with Gasteiger partial charge in [-0.05, 0) is 31.0 Å². The minimum Gasteiger partial charge on any atom is -0.366 e. The van der Waals surface area contributed by atoms with Gasteiger partial charge < -0.3 is 11.1 Å². The highest BCUT2D eigenvalue weighted by Crippen LogP contribution is 2.15. The second-order valence-electron chi connectivity index (χ2n) is 4.96. The molecule has 0 atom stereocenters. The van der Waals surface area contributed by atoms with Crippen molar-refractivity contribution in [1.29, 1.82) is 0 Å². The van der Waals surface area contributed by atoms with Crippen molar-refractivity contribution in [1.82, 2.24) is 9.97 Å². The van der Waals surface area contributed by atoms with Crippen LogP contribution in [0.25, 0.3) is 0 Å². The zero-order valence-corrected chi connectivity index (χ0v) is 12.4. The summed E-state index contributed by atoms with van der Waals surface area (Å²) in [5.41, 5.74) is 7.93. The molecule has 0 fully saturated rings. The molecule has 0 aliphatic rings. The number of primary amides is 1. The van der Waals surface area contributed by atoms with E-state index in [0.717, 1.165) is 35.6 Å². The fraction of sp³-hybridized carbons (Fsp3) is 0.312. The van der Waals surface area contributed by atoms with E-state index in [9.17, 15) is 4.79 Å². The zero-order valence-electron chi connectivity index (χ0n) is 12.4. The predicted octanol–water partition coefficient (Wildman–Crippen LogP) is 2.45. The van der Waals surface area contributed by atoms with Crippen LogP contribution in [0, 0.1) is 6.92 Å². The van der Waals surface area contributed by atoms with Crippen LogP contribution < -0.4 is 11.1 Å². The molecule has 0 unspecified atom stereocenters. The molecule has 3 N–H and O–H groups in total. The molecule has 1 aromatic heterocycles. The van der Waals surface area contributed by atoms with Crippen molar-refractivity contribution in [2.75, 3.05) is 5.32 Å². The van der Waals surface area contributed by atoms with Crippen molar-refractivity contribution in [3.63, 3.8) is 0 Å². The molecule has 0 aliphatic heterocycles. The molecule has 0 spiro atoms. The molecule has 2 rings (SSSR count). The van der Waals surface area contributed by atoms with Crippen LogP contribution in [0.2, 0.25) is 0 Å². The Kier molecular flexibility index (Phi) is 4.87. The Morgan fingerprint density at radius 3 is 2.62 bits per heavy atom. The number of carbonyl (C=O) groups is 1. The van der Waals surface area contributed by atoms with E-state index in [1.165, 1.54) is 0 Å². The second-order valence-corrected chi connectivity index (χ2v) is 4.96. The monoisotopic (exact) mass is 284 g/mol. The Bertz CT molecular complexity index is 623. The molecule has 2 aromatic rings. The number of amides is 1. The SMILES string of the molecule is CCCc1cnc(C)nc1NCc1ccc(C(N)=O)cc1. The maximum atomic E-state index is 11.0. The quantitative estimate of drug-likeness (QED) is 0.853. The van der Waals surface area contributed by atoms with Crippen LogP contribution in [0.4, 0.5) is 5.82 Å². The minimum absolute atomic E-state index is 0.411. The van der Waals surface area contributed by atoms with Gasteiger partial charge in [-0.25, -0.2) is 9.97 Å². The number of hydrogen-bond donors (Lipinski definition) is 2. The van der Waals surface area contributed by atoms with E-state index in [2.05, 4.69) is 22.2 Å². The first-order valence-electron chi connectivity index (χ1n) is 7.05. The fourth-order valence-corrected chi connectivity index (χ4v) is 2.07. The number of nitrogens with zero attached hydrogens (tertiary/aromatic N) is 2. The lowest BCUT2D eigenvalue weighted by Crippen LogP contribution is -2.11. The molecule has 0 bridgehead atoms. The largest absolute Gasteiger partial charge is 0.366 e. The van der Waals surface area contributed by atoms with Crippen molar-refractivity contribution >= 4 is 11.7 Å². The van der Waals surface area contributed by atoms with Gasteiger partial charge in [0.25, 0.3) is 0 Å². The summed E-state index contributed by atoms with van der Waals surface area (Å²) in [6.45, 7) is 4.65. The number of aromatic nitrogens is 2. The number of benzene rings is 1. The molecular weight excluding hydrogens is 264 g/mol. The first kappa shape index (κ1) is 15.0. The first-order valence-corrected chi connectivity index (χ1v) is 7.05. The smallest absolute Gasteiger partial charge is 0.248 e. The van der Waals surface area contributed by atoms with E-state index in [1.807, 2.05) is 25.3 Å². The number of nitrogens with one attached hydrogen (secondary N) is 1. The Balaban J connectivity index is 2.08. The second kappa shape index (κ2) is 6.83. The number of rotatable bonds is 6. The predicted molar refractivity (Wildman–Crippen MR) is 83.1 cm³/mol. The van der Waals surface area contributed by atoms with Crippen LogP contribution in [0.5, 0.6) is 0 Å². The van der Waals surface area contributed by atoms with Crippen LogP contribution in [0.1, 0.15) is 40.7 Å². The third-order valence-corrected chi connectivity index (χ3v) is 3.20. The van der Waals surface area contributed by atoms with Crippen LogP contribution in [0.3, 0.4) is 0 Å². The Labute approximate surface area is 124 Å². The summed E-state index contributed by atoms with van der Waals surface area (Å²) in [5.74, 6) is 1.22. The van der Waals surface area contributed by atoms with Crippen molar-refractivity contribution in [2.45, 2.75) is 33.2 Å². The number of anilines is 1. The lowest BCUT2D eigenvalue weighted by Gasteiger charge is -2.11. The van der Waals surface area contributed by atoms with E-state index in [1.54, 1.807) is 12.1 Å². The van der Waals surface area contributed by atoms with E-state index in [4.69, 9.17) is 5.73 Å². The average Bonchev–Trinajstić information content (AvgIpc) is 2.48. The van der Waals surface area contributed by atoms with Crippen molar-refractivity contribution in [3.8, 4) is 0 Å². The topological polar surface area (TPSA) is 80.9 Å². The first-order chi connectivity index (χ1) is 10.1. The molecule has 0 saturated heterocycles. The molecule has 1 aromatic carbocycles. The van der Waals surface area contributed by atoms with Crippen molar-refractivity contribution < 1.29 is 4.79 Å². The summed E-state index contributed by atoms with van der Waals surface area (Å²) in [6.07, 6.45) is 3.88. The lowest BCUT2D eigenvalue weighted by atomic mass is 10.1. The van der Waals surface area contributed by atoms with Gasteiger partial charge in [-0.1, -0.05) is 25.5 Å². The molecule has 5 nitrogen and oxygen atoms in total. The molecule has 21 heavy (non-hydrogen) atoms. The van der Waals surface area contributed by atoms with Crippen LogP contribution in [0.15, 0.2) is 30.5 Å². The lowest BCUT2D eigenvalue weighted by molar-refractivity contribution is 0.100. The number of hydrogen-bond acceptors (Lipinski definition) is 4. The van der Waals surface area contributed by atoms with Crippen molar-refractivity contribution in [2.24, 2.45) is 5.73 Å². The molecule has 5 heteroatoms. The van der Waals surface area contributed by atoms with Gasteiger partial charge in [0, 0.05) is 23.9 Å². The highest BCUT2D eigenvalue weighted by molar-refractivity contribution is 5.92. The van der Waals surface area contributed by atoms with Gasteiger partial charge in [0.15, 0.2) is 0 Å². The summed E-state index contributed by atoms with van der Waals surface area (Å²) < 4.78 is 0. The van der Waals surface area contributed by atoms with E-state index >= 15 is 0 Å². The third-order valence-electron chi connectivity index (χ3n) is 3.20. The van der Waals surface area contributed by atoms with Gasteiger partial charge in [0.1, 0.15) is 11.6 Å². The van der Waals surface area contributed by atoms with E-state index in [0.29, 0.717) is 12.1 Å². The highest BCUT2D eigenvalue weighted by atomic mass is 16.1. The van der Waals surface area contributed by atoms with Gasteiger partial charge in [0.05, 0.1) is 0 Å². The zero-order chi connectivity index (χ0) is 15.2. The summed E-state index contributed by atoms with van der Waals surface area (Å²) in [4.78, 5) is 19.7. The molecule has 1 amide bonds. The number of aryl methyl sites for hydroxylation is 2. The maximum absolute atomic E-state index is 11.0. The van der Waals surface area contributed by atoms with Gasteiger partial charge in [-0.3, -0.25) is 4.79 Å². The minimum atomic E-state index is -0.411. The Morgan fingerprint density at radius 1 is 1.29 bits per heavy atom. The molecule has 0 saturated carbocycles. The standard InChI is InChI=1S/C16H20N4O/c1-3-4-14-10-18-11(2)20-16(14)19-9-12-5-7-13(8-6-12)15(17)21/h5-8,10H,3-4,9H2,1-2H3,(H2,17,21)(H,18,19,20). The molecular formula is C16H20N4O. The van der Waals surface area contributed by atoms with Crippen molar-refractivity contribution in [3.05, 3.63) is 53.0 Å². The average molecular weight is 284 g/mol. The van der Waals surface area contributed by atoms with Crippen LogP contribution in [-0.4, -0.2) is 15.9 Å². The molecule has 1 heterocycles. The summed E-state index contributed by atoms with van der Waals surface area (Å²) in [7, 11) is 0. The summed E-state index contributed by atoms with van der Waals surface area (Å²) in [5, 5.41) is 3.34. The Hall–Kier alpha value is -2.43. The van der Waals surface area contributed by atoms with Crippen LogP contribution in [-0.2, 0) is 13.0 Å². The van der Waals surface area contributed by atoms with E-state index in [-0.39, 0.29) is 0 Å². The molecule has 0 aliphatic carbocycles. The summed E-state index contributed by atoms with van der Waals surface area (Å²) in [6, 6.07) is 7.25.